The van der Waals surface area contributed by atoms with E-state index in [1.165, 1.54) is 0 Å². The van der Waals surface area contributed by atoms with Crippen molar-refractivity contribution in [1.29, 1.82) is 0 Å². The summed E-state index contributed by atoms with van der Waals surface area (Å²) in [6, 6.07) is 11.6. The Morgan fingerprint density at radius 1 is 1.15 bits per heavy atom. The van der Waals surface area contributed by atoms with Gasteiger partial charge in [-0.15, -0.1) is 0 Å². The predicted octanol–water partition coefficient (Wildman–Crippen LogP) is 2.65. The fourth-order valence-corrected chi connectivity index (χ4v) is 2.75. The summed E-state index contributed by atoms with van der Waals surface area (Å²) in [5.74, 6) is 0.487. The van der Waals surface area contributed by atoms with Crippen molar-refractivity contribution in [1.82, 2.24) is 25.1 Å². The summed E-state index contributed by atoms with van der Waals surface area (Å²) >= 11 is 0. The second-order valence-electron chi connectivity index (χ2n) is 5.97. The van der Waals surface area contributed by atoms with Crippen molar-refractivity contribution in [3.63, 3.8) is 0 Å². The standard InChI is InChI=1S/C19H22N6O/c1-14(24-18(26)9-12-22-19-20-10-6-11-21-19)17-13-23-25(15(17)2)16-7-4-3-5-8-16/h3-8,10-11,13-14H,9,12H2,1-2H3,(H,24,26)(H,20,21,22)/t14-/m0/s1. The van der Waals surface area contributed by atoms with E-state index in [0.717, 1.165) is 16.9 Å². The summed E-state index contributed by atoms with van der Waals surface area (Å²) < 4.78 is 1.88. The lowest BCUT2D eigenvalue weighted by molar-refractivity contribution is -0.121. The molecule has 134 valence electrons. The summed E-state index contributed by atoms with van der Waals surface area (Å²) in [6.45, 7) is 4.45. The molecule has 0 saturated carbocycles. The first-order chi connectivity index (χ1) is 12.6. The third-order valence-corrected chi connectivity index (χ3v) is 4.09. The van der Waals surface area contributed by atoms with Gasteiger partial charge in [0.1, 0.15) is 0 Å². The van der Waals surface area contributed by atoms with Crippen LogP contribution in [0.3, 0.4) is 0 Å². The Labute approximate surface area is 152 Å². The first-order valence-corrected chi connectivity index (χ1v) is 8.55. The van der Waals surface area contributed by atoms with Gasteiger partial charge in [0.2, 0.25) is 11.9 Å². The number of rotatable bonds is 7. The Bertz CT molecular complexity index is 847. The highest BCUT2D eigenvalue weighted by Gasteiger charge is 2.16. The van der Waals surface area contributed by atoms with Gasteiger partial charge in [0, 0.05) is 36.6 Å². The van der Waals surface area contributed by atoms with Gasteiger partial charge in [-0.3, -0.25) is 4.79 Å². The maximum absolute atomic E-state index is 12.2. The number of carbonyl (C=O) groups excluding carboxylic acids is 1. The lowest BCUT2D eigenvalue weighted by Gasteiger charge is -2.14. The van der Waals surface area contributed by atoms with Gasteiger partial charge in [-0.2, -0.15) is 5.10 Å². The molecule has 1 atom stereocenters. The van der Waals surface area contributed by atoms with Crippen LogP contribution >= 0.6 is 0 Å². The lowest BCUT2D eigenvalue weighted by Crippen LogP contribution is -2.28. The fraction of sp³-hybridized carbons (Fsp3) is 0.263. The zero-order chi connectivity index (χ0) is 18.4. The van der Waals surface area contributed by atoms with Crippen LogP contribution in [0.5, 0.6) is 0 Å². The molecular formula is C19H22N6O. The van der Waals surface area contributed by atoms with E-state index in [1.807, 2.05) is 55.1 Å². The quantitative estimate of drug-likeness (QED) is 0.684. The molecule has 26 heavy (non-hydrogen) atoms. The molecule has 1 aromatic carbocycles. The third kappa shape index (κ3) is 4.24. The number of nitrogens with zero attached hydrogens (tertiary/aromatic N) is 4. The monoisotopic (exact) mass is 350 g/mol. The van der Waals surface area contributed by atoms with E-state index in [9.17, 15) is 4.79 Å². The molecular weight excluding hydrogens is 328 g/mol. The van der Waals surface area contributed by atoms with Gasteiger partial charge in [-0.25, -0.2) is 14.6 Å². The molecule has 7 heteroatoms. The molecule has 3 aromatic rings. The van der Waals surface area contributed by atoms with Crippen molar-refractivity contribution in [3.05, 3.63) is 66.2 Å². The van der Waals surface area contributed by atoms with Gasteiger partial charge in [0.15, 0.2) is 0 Å². The van der Waals surface area contributed by atoms with Crippen LogP contribution in [0.1, 0.15) is 30.6 Å². The van der Waals surface area contributed by atoms with Gasteiger partial charge < -0.3 is 10.6 Å². The van der Waals surface area contributed by atoms with Crippen LogP contribution < -0.4 is 10.6 Å². The molecule has 0 saturated heterocycles. The molecule has 0 fully saturated rings. The summed E-state index contributed by atoms with van der Waals surface area (Å²) in [6.07, 6.45) is 5.47. The molecule has 0 radical (unpaired) electrons. The number of benzene rings is 1. The highest BCUT2D eigenvalue weighted by Crippen LogP contribution is 2.20. The highest BCUT2D eigenvalue weighted by molar-refractivity contribution is 5.76. The highest BCUT2D eigenvalue weighted by atomic mass is 16.1. The number of hydrogen-bond acceptors (Lipinski definition) is 5. The van der Waals surface area contributed by atoms with Gasteiger partial charge in [0.25, 0.3) is 0 Å². The van der Waals surface area contributed by atoms with Gasteiger partial charge in [0.05, 0.1) is 17.9 Å². The van der Waals surface area contributed by atoms with Crippen LogP contribution in [0.4, 0.5) is 5.95 Å². The minimum Gasteiger partial charge on any atom is -0.354 e. The van der Waals surface area contributed by atoms with Crippen molar-refractivity contribution >= 4 is 11.9 Å². The molecule has 7 nitrogen and oxygen atoms in total. The Kier molecular flexibility index (Phi) is 5.58. The van der Waals surface area contributed by atoms with E-state index in [2.05, 4.69) is 25.7 Å². The summed E-state index contributed by atoms with van der Waals surface area (Å²) in [7, 11) is 0. The van der Waals surface area contributed by atoms with Gasteiger partial charge in [-0.1, -0.05) is 18.2 Å². The zero-order valence-corrected chi connectivity index (χ0v) is 14.9. The molecule has 0 aliphatic heterocycles. The SMILES string of the molecule is Cc1c([C@H](C)NC(=O)CCNc2ncccn2)cnn1-c1ccccc1. The maximum atomic E-state index is 12.2. The van der Waals surface area contributed by atoms with Crippen molar-refractivity contribution in [2.75, 3.05) is 11.9 Å². The first kappa shape index (κ1) is 17.6. The molecule has 2 N–H and O–H groups in total. The molecule has 3 rings (SSSR count). The number of anilines is 1. The average molecular weight is 350 g/mol. The fourth-order valence-electron chi connectivity index (χ4n) is 2.75. The number of hydrogen-bond donors (Lipinski definition) is 2. The molecule has 2 heterocycles. The van der Waals surface area contributed by atoms with Crippen LogP contribution in [0, 0.1) is 6.92 Å². The van der Waals surface area contributed by atoms with E-state index < -0.39 is 0 Å². The molecule has 0 aliphatic rings. The van der Waals surface area contributed by atoms with Crippen molar-refractivity contribution in [3.8, 4) is 5.69 Å². The van der Waals surface area contributed by atoms with Gasteiger partial charge >= 0.3 is 0 Å². The number of nitrogens with one attached hydrogen (secondary N) is 2. The summed E-state index contributed by atoms with van der Waals surface area (Å²) in [4.78, 5) is 20.3. The Morgan fingerprint density at radius 3 is 2.62 bits per heavy atom. The van der Waals surface area contributed by atoms with E-state index in [0.29, 0.717) is 18.9 Å². The van der Waals surface area contributed by atoms with Crippen molar-refractivity contribution < 1.29 is 4.79 Å². The molecule has 1 amide bonds. The van der Waals surface area contributed by atoms with Crippen LogP contribution in [-0.2, 0) is 4.79 Å². The number of para-hydroxylation sites is 1. The third-order valence-electron chi connectivity index (χ3n) is 4.09. The maximum Gasteiger partial charge on any atom is 0.222 e. The van der Waals surface area contributed by atoms with E-state index in [1.54, 1.807) is 18.5 Å². The van der Waals surface area contributed by atoms with E-state index in [-0.39, 0.29) is 11.9 Å². The van der Waals surface area contributed by atoms with Crippen LogP contribution in [0.25, 0.3) is 5.69 Å². The van der Waals surface area contributed by atoms with E-state index >= 15 is 0 Å². The normalized spacial score (nSPS) is 11.8. The zero-order valence-electron chi connectivity index (χ0n) is 14.9. The summed E-state index contributed by atoms with van der Waals surface area (Å²) in [5, 5.41) is 10.5. The molecule has 0 bridgehead atoms. The Balaban J connectivity index is 1.55. The number of aromatic nitrogens is 4. The minimum atomic E-state index is -0.118. The Hall–Kier alpha value is -3.22. The van der Waals surface area contributed by atoms with Crippen LogP contribution in [0.2, 0.25) is 0 Å². The summed E-state index contributed by atoms with van der Waals surface area (Å²) in [5.41, 5.74) is 3.02. The van der Waals surface area contributed by atoms with Crippen molar-refractivity contribution in [2.24, 2.45) is 0 Å². The van der Waals surface area contributed by atoms with Gasteiger partial charge in [-0.05, 0) is 32.0 Å². The predicted molar refractivity (Wildman–Crippen MR) is 100.0 cm³/mol. The first-order valence-electron chi connectivity index (χ1n) is 8.55. The number of carbonyl (C=O) groups is 1. The Morgan fingerprint density at radius 2 is 1.88 bits per heavy atom. The lowest BCUT2D eigenvalue weighted by atomic mass is 10.1. The molecule has 0 unspecified atom stereocenters. The van der Waals surface area contributed by atoms with Crippen LogP contribution in [0.15, 0.2) is 55.0 Å². The molecule has 2 aromatic heterocycles. The average Bonchev–Trinajstić information content (AvgIpc) is 3.05. The topological polar surface area (TPSA) is 84.7 Å². The second-order valence-corrected chi connectivity index (χ2v) is 5.97. The smallest absolute Gasteiger partial charge is 0.222 e. The van der Waals surface area contributed by atoms with Crippen LogP contribution in [-0.4, -0.2) is 32.2 Å². The molecule has 0 aliphatic carbocycles. The number of amides is 1. The van der Waals surface area contributed by atoms with Crippen molar-refractivity contribution in [2.45, 2.75) is 26.3 Å². The largest absolute Gasteiger partial charge is 0.354 e. The second kappa shape index (κ2) is 8.24. The molecule has 0 spiro atoms. The van der Waals surface area contributed by atoms with E-state index in [4.69, 9.17) is 0 Å². The minimum absolute atomic E-state index is 0.0345.